The summed E-state index contributed by atoms with van der Waals surface area (Å²) in [7, 11) is 0. The maximum Gasteiger partial charge on any atom is 0.136 e. The first-order valence-electron chi connectivity index (χ1n) is 21.2. The minimum atomic E-state index is 0.914. The fraction of sp³-hybridized carbons (Fsp3) is 0. The molecule has 0 aliphatic rings. The van der Waals surface area contributed by atoms with Gasteiger partial charge in [-0.3, -0.25) is 0 Å². The summed E-state index contributed by atoms with van der Waals surface area (Å²) in [6, 6.07) is 85.5. The standard InChI is InChI=1S/C60H39NO/c1-4-14-40(15-5-1)43-24-29-48(30-25-43)61(50-37-46(41-16-6-2-7-17-41)36-47(38-50)42-18-8-3-9-19-42)49-31-26-44(27-32-49)45-28-33-52-51-20-10-11-21-53(51)59-54(56(52)39-45)34-35-58-60(59)55-22-12-13-23-57(55)62-58/h1-39H. The smallest absolute Gasteiger partial charge is 0.136 e. The number of para-hydroxylation sites is 1. The van der Waals surface area contributed by atoms with Gasteiger partial charge in [-0.25, -0.2) is 0 Å². The molecule has 62 heavy (non-hydrogen) atoms. The first kappa shape index (κ1) is 35.7. The molecule has 11 aromatic carbocycles. The van der Waals surface area contributed by atoms with Crippen molar-refractivity contribution >= 4 is 71.3 Å². The molecule has 0 saturated carbocycles. The highest BCUT2D eigenvalue weighted by Crippen LogP contribution is 2.45. The lowest BCUT2D eigenvalue weighted by Crippen LogP contribution is -2.10. The maximum absolute atomic E-state index is 6.39. The van der Waals surface area contributed by atoms with Gasteiger partial charge in [0.25, 0.3) is 0 Å². The molecule has 0 saturated heterocycles. The molecule has 1 heterocycles. The summed E-state index contributed by atoms with van der Waals surface area (Å²) in [6.45, 7) is 0. The number of nitrogens with zero attached hydrogens (tertiary/aromatic N) is 1. The molecule has 0 aliphatic heterocycles. The summed E-state index contributed by atoms with van der Waals surface area (Å²) < 4.78 is 6.39. The van der Waals surface area contributed by atoms with Crippen LogP contribution in [0.3, 0.4) is 0 Å². The predicted molar refractivity (Wildman–Crippen MR) is 263 cm³/mol. The molecule has 0 aliphatic carbocycles. The van der Waals surface area contributed by atoms with Crippen LogP contribution in [0.25, 0.3) is 98.8 Å². The number of benzene rings is 11. The normalized spacial score (nSPS) is 11.5. The van der Waals surface area contributed by atoms with E-state index >= 15 is 0 Å². The molecule has 12 rings (SSSR count). The van der Waals surface area contributed by atoms with Crippen LogP contribution in [-0.4, -0.2) is 0 Å². The van der Waals surface area contributed by atoms with Gasteiger partial charge in [-0.05, 0) is 138 Å². The third kappa shape index (κ3) is 6.12. The highest BCUT2D eigenvalue weighted by atomic mass is 16.3. The summed E-state index contributed by atoms with van der Waals surface area (Å²) >= 11 is 0. The predicted octanol–water partition coefficient (Wildman–Crippen LogP) is 17.2. The molecule has 0 spiro atoms. The summed E-state index contributed by atoms with van der Waals surface area (Å²) in [5.74, 6) is 0. The van der Waals surface area contributed by atoms with E-state index in [-0.39, 0.29) is 0 Å². The van der Waals surface area contributed by atoms with E-state index < -0.39 is 0 Å². The Bertz CT molecular complexity index is 3530. The SMILES string of the molecule is c1ccc(-c2ccc(N(c3ccc(-c4ccc5c6ccccc6c6c(ccc7oc8ccccc8c76)c5c4)cc3)c3cc(-c4ccccc4)cc(-c4ccccc4)c3)cc2)cc1. The third-order valence-electron chi connectivity index (χ3n) is 12.4. The Hall–Kier alpha value is -8.20. The van der Waals surface area contributed by atoms with Crippen molar-refractivity contribution in [2.24, 2.45) is 0 Å². The van der Waals surface area contributed by atoms with Gasteiger partial charge < -0.3 is 9.32 Å². The van der Waals surface area contributed by atoms with Crippen molar-refractivity contribution in [3.8, 4) is 44.5 Å². The second-order valence-corrected chi connectivity index (χ2v) is 16.1. The maximum atomic E-state index is 6.39. The summed E-state index contributed by atoms with van der Waals surface area (Å²) in [6.07, 6.45) is 0. The van der Waals surface area contributed by atoms with E-state index in [1.54, 1.807) is 0 Å². The highest BCUT2D eigenvalue weighted by Gasteiger charge is 2.19. The first-order chi connectivity index (χ1) is 30.7. The van der Waals surface area contributed by atoms with Crippen LogP contribution in [0.2, 0.25) is 0 Å². The van der Waals surface area contributed by atoms with Gasteiger partial charge in [0, 0.05) is 33.2 Å². The molecule has 0 unspecified atom stereocenters. The molecule has 290 valence electrons. The van der Waals surface area contributed by atoms with Crippen molar-refractivity contribution in [2.75, 3.05) is 4.90 Å². The fourth-order valence-electron chi connectivity index (χ4n) is 9.46. The van der Waals surface area contributed by atoms with Crippen LogP contribution in [-0.2, 0) is 0 Å². The number of anilines is 3. The van der Waals surface area contributed by atoms with Gasteiger partial charge in [0.15, 0.2) is 0 Å². The Balaban J connectivity index is 1.01. The minimum absolute atomic E-state index is 0.914. The minimum Gasteiger partial charge on any atom is -0.456 e. The monoisotopic (exact) mass is 789 g/mol. The second kappa shape index (κ2) is 14.8. The zero-order valence-corrected chi connectivity index (χ0v) is 33.9. The van der Waals surface area contributed by atoms with E-state index in [4.69, 9.17) is 4.42 Å². The number of hydrogen-bond donors (Lipinski definition) is 0. The highest BCUT2D eigenvalue weighted by molar-refractivity contribution is 6.34. The average molecular weight is 790 g/mol. The molecule has 2 nitrogen and oxygen atoms in total. The zero-order valence-electron chi connectivity index (χ0n) is 33.9. The molecule has 1 aromatic heterocycles. The summed E-state index contributed by atoms with van der Waals surface area (Å²) in [4.78, 5) is 2.39. The Morgan fingerprint density at radius 1 is 0.226 bits per heavy atom. The molecule has 12 aromatic rings. The van der Waals surface area contributed by atoms with Crippen molar-refractivity contribution in [2.45, 2.75) is 0 Å². The van der Waals surface area contributed by atoms with Crippen molar-refractivity contribution in [3.63, 3.8) is 0 Å². The Morgan fingerprint density at radius 3 is 1.27 bits per heavy atom. The van der Waals surface area contributed by atoms with E-state index in [1.165, 1.54) is 76.6 Å². The zero-order chi connectivity index (χ0) is 41.0. The van der Waals surface area contributed by atoms with Gasteiger partial charge in [-0.2, -0.15) is 0 Å². The molecule has 2 heteroatoms. The van der Waals surface area contributed by atoms with Crippen LogP contribution >= 0.6 is 0 Å². The van der Waals surface area contributed by atoms with Crippen molar-refractivity contribution < 1.29 is 4.42 Å². The van der Waals surface area contributed by atoms with Crippen LogP contribution < -0.4 is 4.90 Å². The van der Waals surface area contributed by atoms with Gasteiger partial charge in [0.05, 0.1) is 0 Å². The van der Waals surface area contributed by atoms with Crippen molar-refractivity contribution in [3.05, 3.63) is 237 Å². The van der Waals surface area contributed by atoms with Gasteiger partial charge in [0.1, 0.15) is 11.2 Å². The number of furan rings is 1. The number of hydrogen-bond acceptors (Lipinski definition) is 2. The van der Waals surface area contributed by atoms with E-state index in [1.807, 2.05) is 6.07 Å². The Kier molecular flexibility index (Phi) is 8.53. The van der Waals surface area contributed by atoms with Gasteiger partial charge in [-0.1, -0.05) is 170 Å². The van der Waals surface area contributed by atoms with Gasteiger partial charge >= 0.3 is 0 Å². The molecule has 0 radical (unpaired) electrons. The average Bonchev–Trinajstić information content (AvgIpc) is 3.74. The van der Waals surface area contributed by atoms with Crippen LogP contribution in [0.5, 0.6) is 0 Å². The molecule has 0 N–H and O–H groups in total. The molecular formula is C60H39NO. The first-order valence-corrected chi connectivity index (χ1v) is 21.2. The number of fused-ring (bicyclic) bond motifs is 10. The Labute approximate surface area is 360 Å². The van der Waals surface area contributed by atoms with Crippen LogP contribution in [0.15, 0.2) is 241 Å². The van der Waals surface area contributed by atoms with Crippen LogP contribution in [0.1, 0.15) is 0 Å². The quantitative estimate of drug-likeness (QED) is 0.150. The Morgan fingerprint density at radius 2 is 0.661 bits per heavy atom. The van der Waals surface area contributed by atoms with Crippen LogP contribution in [0, 0.1) is 0 Å². The lowest BCUT2D eigenvalue weighted by molar-refractivity contribution is 0.669. The fourth-order valence-corrected chi connectivity index (χ4v) is 9.46. The summed E-state index contributed by atoms with van der Waals surface area (Å²) in [5, 5.41) is 9.77. The number of rotatable bonds is 7. The second-order valence-electron chi connectivity index (χ2n) is 16.1. The molecule has 0 amide bonds. The largest absolute Gasteiger partial charge is 0.456 e. The lowest BCUT2D eigenvalue weighted by atomic mass is 9.90. The van der Waals surface area contributed by atoms with Gasteiger partial charge in [-0.15, -0.1) is 0 Å². The molecule has 0 bridgehead atoms. The van der Waals surface area contributed by atoms with E-state index in [0.717, 1.165) is 39.2 Å². The van der Waals surface area contributed by atoms with Gasteiger partial charge in [0.2, 0.25) is 0 Å². The van der Waals surface area contributed by atoms with E-state index in [9.17, 15) is 0 Å². The molecule has 0 atom stereocenters. The van der Waals surface area contributed by atoms with E-state index in [0.29, 0.717) is 0 Å². The van der Waals surface area contributed by atoms with Crippen LogP contribution in [0.4, 0.5) is 17.1 Å². The summed E-state index contributed by atoms with van der Waals surface area (Å²) in [5.41, 5.74) is 14.5. The van der Waals surface area contributed by atoms with Crippen molar-refractivity contribution in [1.82, 2.24) is 0 Å². The lowest BCUT2D eigenvalue weighted by Gasteiger charge is -2.27. The van der Waals surface area contributed by atoms with Crippen molar-refractivity contribution in [1.29, 1.82) is 0 Å². The third-order valence-corrected chi connectivity index (χ3v) is 12.4. The van der Waals surface area contributed by atoms with E-state index in [2.05, 4.69) is 235 Å². The topological polar surface area (TPSA) is 16.4 Å². The molecular weight excluding hydrogens is 751 g/mol. The molecule has 0 fully saturated rings.